The Morgan fingerprint density at radius 1 is 1.00 bits per heavy atom. The SMILES string of the molecule is COC[C@H]1[C@@H](O)[C@@H](c2ccccc2)C=C[C@H]1COC. The van der Waals surface area contributed by atoms with Crippen LogP contribution >= 0.6 is 0 Å². The monoisotopic (exact) mass is 262 g/mol. The van der Waals surface area contributed by atoms with Crippen molar-refractivity contribution in [1.29, 1.82) is 0 Å². The van der Waals surface area contributed by atoms with Crippen molar-refractivity contribution in [2.24, 2.45) is 11.8 Å². The molecule has 0 saturated carbocycles. The number of aliphatic hydroxyl groups is 1. The Morgan fingerprint density at radius 2 is 1.68 bits per heavy atom. The largest absolute Gasteiger partial charge is 0.392 e. The molecule has 2 rings (SSSR count). The fraction of sp³-hybridized carbons (Fsp3) is 0.500. The van der Waals surface area contributed by atoms with Gasteiger partial charge in [-0.3, -0.25) is 0 Å². The van der Waals surface area contributed by atoms with E-state index in [9.17, 15) is 5.11 Å². The van der Waals surface area contributed by atoms with E-state index < -0.39 is 6.10 Å². The topological polar surface area (TPSA) is 38.7 Å². The van der Waals surface area contributed by atoms with Gasteiger partial charge in [0.2, 0.25) is 0 Å². The summed E-state index contributed by atoms with van der Waals surface area (Å²) in [7, 11) is 3.36. The summed E-state index contributed by atoms with van der Waals surface area (Å²) in [6.45, 7) is 1.16. The standard InChI is InChI=1S/C16H22O3/c1-18-10-13-8-9-14(12-6-4-3-5-7-12)16(17)15(13)11-19-2/h3-9,13-17H,10-11H2,1-2H3/t13-,14+,15+,16-/m0/s1. The molecule has 1 aromatic rings. The zero-order valence-corrected chi connectivity index (χ0v) is 11.5. The molecular weight excluding hydrogens is 240 g/mol. The Bertz CT molecular complexity index is 402. The van der Waals surface area contributed by atoms with Crippen LogP contribution < -0.4 is 0 Å². The van der Waals surface area contributed by atoms with Crippen LogP contribution in [0.15, 0.2) is 42.5 Å². The summed E-state index contributed by atoms with van der Waals surface area (Å²) < 4.78 is 10.5. The van der Waals surface area contributed by atoms with Gasteiger partial charge in [0.1, 0.15) is 0 Å². The molecule has 19 heavy (non-hydrogen) atoms. The molecule has 0 unspecified atom stereocenters. The lowest BCUT2D eigenvalue weighted by molar-refractivity contribution is -0.00583. The molecule has 0 aromatic heterocycles. The van der Waals surface area contributed by atoms with Crippen molar-refractivity contribution in [3.05, 3.63) is 48.0 Å². The summed E-state index contributed by atoms with van der Waals surface area (Å²) in [6.07, 6.45) is 3.81. The number of rotatable bonds is 5. The fourth-order valence-electron chi connectivity index (χ4n) is 2.81. The van der Waals surface area contributed by atoms with E-state index in [-0.39, 0.29) is 17.8 Å². The zero-order chi connectivity index (χ0) is 13.7. The Hall–Kier alpha value is -1.16. The van der Waals surface area contributed by atoms with Gasteiger partial charge >= 0.3 is 0 Å². The normalized spacial score (nSPS) is 30.5. The summed E-state index contributed by atoms with van der Waals surface area (Å²) in [5.74, 6) is 0.314. The summed E-state index contributed by atoms with van der Waals surface area (Å²) in [4.78, 5) is 0. The van der Waals surface area contributed by atoms with Crippen LogP contribution in [0.3, 0.4) is 0 Å². The molecule has 0 aliphatic heterocycles. The van der Waals surface area contributed by atoms with Crippen LogP contribution in [0.2, 0.25) is 0 Å². The van der Waals surface area contributed by atoms with E-state index in [2.05, 4.69) is 24.3 Å². The van der Waals surface area contributed by atoms with Gasteiger partial charge < -0.3 is 14.6 Å². The highest BCUT2D eigenvalue weighted by molar-refractivity contribution is 5.28. The van der Waals surface area contributed by atoms with Crippen LogP contribution in [0.5, 0.6) is 0 Å². The number of benzene rings is 1. The van der Waals surface area contributed by atoms with E-state index in [0.717, 1.165) is 5.56 Å². The predicted molar refractivity (Wildman–Crippen MR) is 75.1 cm³/mol. The molecule has 1 N–H and O–H groups in total. The summed E-state index contributed by atoms with van der Waals surface area (Å²) in [5, 5.41) is 10.6. The average molecular weight is 262 g/mol. The van der Waals surface area contributed by atoms with Gasteiger partial charge in [-0.05, 0) is 5.56 Å². The van der Waals surface area contributed by atoms with Crippen LogP contribution in [0, 0.1) is 11.8 Å². The van der Waals surface area contributed by atoms with Gasteiger partial charge in [0.25, 0.3) is 0 Å². The Kier molecular flexibility index (Phi) is 5.14. The van der Waals surface area contributed by atoms with Crippen LogP contribution in [0.4, 0.5) is 0 Å². The minimum Gasteiger partial charge on any atom is -0.392 e. The highest BCUT2D eigenvalue weighted by Crippen LogP contribution is 2.35. The van der Waals surface area contributed by atoms with Crippen molar-refractivity contribution in [1.82, 2.24) is 0 Å². The van der Waals surface area contributed by atoms with Crippen molar-refractivity contribution in [2.75, 3.05) is 27.4 Å². The Labute approximate surface area is 114 Å². The predicted octanol–water partition coefficient (Wildman–Crippen LogP) is 2.23. The van der Waals surface area contributed by atoms with E-state index in [1.165, 1.54) is 0 Å². The lowest BCUT2D eigenvalue weighted by atomic mass is 9.75. The first-order chi connectivity index (χ1) is 9.27. The summed E-state index contributed by atoms with van der Waals surface area (Å²) in [5.41, 5.74) is 1.14. The second kappa shape index (κ2) is 6.85. The minimum absolute atomic E-state index is 0.0365. The molecule has 0 bridgehead atoms. The highest BCUT2D eigenvalue weighted by atomic mass is 16.5. The smallest absolute Gasteiger partial charge is 0.0699 e. The molecule has 1 aliphatic carbocycles. The molecule has 0 amide bonds. The van der Waals surface area contributed by atoms with Crippen molar-refractivity contribution < 1.29 is 14.6 Å². The van der Waals surface area contributed by atoms with Crippen LogP contribution in [0.25, 0.3) is 0 Å². The highest BCUT2D eigenvalue weighted by Gasteiger charge is 2.35. The van der Waals surface area contributed by atoms with Crippen molar-refractivity contribution in [3.63, 3.8) is 0 Å². The van der Waals surface area contributed by atoms with Gasteiger partial charge in [0, 0.05) is 32.0 Å². The molecule has 1 aliphatic rings. The first-order valence-electron chi connectivity index (χ1n) is 6.67. The van der Waals surface area contributed by atoms with Crippen LogP contribution in [-0.4, -0.2) is 38.6 Å². The number of methoxy groups -OCH3 is 2. The maximum absolute atomic E-state index is 10.6. The lowest BCUT2D eigenvalue weighted by Crippen LogP contribution is -2.39. The second-order valence-electron chi connectivity index (χ2n) is 5.05. The molecule has 0 fully saturated rings. The van der Waals surface area contributed by atoms with E-state index in [1.807, 2.05) is 18.2 Å². The first kappa shape index (κ1) is 14.3. The molecule has 1 aromatic carbocycles. The van der Waals surface area contributed by atoms with Crippen LogP contribution in [0.1, 0.15) is 11.5 Å². The van der Waals surface area contributed by atoms with Gasteiger partial charge in [-0.25, -0.2) is 0 Å². The molecule has 104 valence electrons. The quantitative estimate of drug-likeness (QED) is 0.827. The number of aliphatic hydroxyl groups excluding tert-OH is 1. The Balaban J connectivity index is 2.21. The number of hydrogen-bond acceptors (Lipinski definition) is 3. The van der Waals surface area contributed by atoms with Gasteiger partial charge in [-0.15, -0.1) is 0 Å². The third-order valence-corrected chi connectivity index (χ3v) is 3.82. The van der Waals surface area contributed by atoms with Gasteiger partial charge in [0.15, 0.2) is 0 Å². The minimum atomic E-state index is -0.438. The molecule has 0 saturated heterocycles. The fourth-order valence-corrected chi connectivity index (χ4v) is 2.81. The van der Waals surface area contributed by atoms with Gasteiger partial charge in [-0.2, -0.15) is 0 Å². The number of hydrogen-bond donors (Lipinski definition) is 1. The lowest BCUT2D eigenvalue weighted by Gasteiger charge is -2.36. The van der Waals surface area contributed by atoms with Crippen molar-refractivity contribution in [2.45, 2.75) is 12.0 Å². The molecule has 3 heteroatoms. The second-order valence-corrected chi connectivity index (χ2v) is 5.05. The van der Waals surface area contributed by atoms with Gasteiger partial charge in [0.05, 0.1) is 19.3 Å². The molecule has 0 spiro atoms. The summed E-state index contributed by atoms with van der Waals surface area (Å²) in [6, 6.07) is 10.1. The molecule has 4 atom stereocenters. The maximum atomic E-state index is 10.6. The zero-order valence-electron chi connectivity index (χ0n) is 11.5. The third kappa shape index (κ3) is 3.24. The Morgan fingerprint density at radius 3 is 2.32 bits per heavy atom. The van der Waals surface area contributed by atoms with E-state index in [1.54, 1.807) is 14.2 Å². The van der Waals surface area contributed by atoms with Crippen molar-refractivity contribution in [3.8, 4) is 0 Å². The first-order valence-corrected chi connectivity index (χ1v) is 6.67. The number of ether oxygens (including phenoxy) is 2. The average Bonchev–Trinajstić information content (AvgIpc) is 2.44. The van der Waals surface area contributed by atoms with E-state index in [4.69, 9.17) is 9.47 Å². The molecule has 0 heterocycles. The summed E-state index contributed by atoms with van der Waals surface area (Å²) >= 11 is 0. The van der Waals surface area contributed by atoms with Crippen molar-refractivity contribution >= 4 is 0 Å². The molecule has 0 radical (unpaired) electrons. The molecule has 3 nitrogen and oxygen atoms in total. The maximum Gasteiger partial charge on any atom is 0.0699 e. The van der Waals surface area contributed by atoms with E-state index in [0.29, 0.717) is 13.2 Å². The third-order valence-electron chi connectivity index (χ3n) is 3.82. The van der Waals surface area contributed by atoms with E-state index >= 15 is 0 Å². The van der Waals surface area contributed by atoms with Gasteiger partial charge in [-0.1, -0.05) is 42.5 Å². The molecular formula is C16H22O3. The van der Waals surface area contributed by atoms with Crippen LogP contribution in [-0.2, 0) is 9.47 Å².